The highest BCUT2D eigenvalue weighted by atomic mass is 16.5. The highest BCUT2D eigenvalue weighted by Crippen LogP contribution is 2.45. The Bertz CT molecular complexity index is 410. The molecule has 1 aliphatic rings. The zero-order chi connectivity index (χ0) is 14.6. The molecule has 0 aliphatic heterocycles. The van der Waals surface area contributed by atoms with E-state index >= 15 is 0 Å². The molecule has 1 N–H and O–H groups in total. The third-order valence-corrected chi connectivity index (χ3v) is 5.10. The summed E-state index contributed by atoms with van der Waals surface area (Å²) in [5, 5.41) is 3.57. The smallest absolute Gasteiger partial charge is 0.118 e. The highest BCUT2D eigenvalue weighted by molar-refractivity contribution is 5.27. The van der Waals surface area contributed by atoms with Gasteiger partial charge in [-0.05, 0) is 61.8 Å². The number of nitrogens with one attached hydrogen (secondary N) is 1. The largest absolute Gasteiger partial charge is 0.497 e. The summed E-state index contributed by atoms with van der Waals surface area (Å²) in [6.07, 6.45) is 6.50. The first-order chi connectivity index (χ1) is 9.56. The maximum absolute atomic E-state index is 5.21. The second kappa shape index (κ2) is 6.62. The van der Waals surface area contributed by atoms with Crippen LogP contribution in [0.15, 0.2) is 24.3 Å². The van der Waals surface area contributed by atoms with Crippen LogP contribution in [0.25, 0.3) is 0 Å². The molecule has 0 spiro atoms. The molecule has 112 valence electrons. The normalized spacial score (nSPS) is 22.7. The van der Waals surface area contributed by atoms with Gasteiger partial charge >= 0.3 is 0 Å². The molecule has 1 aliphatic carbocycles. The molecular formula is C18H29NO. The summed E-state index contributed by atoms with van der Waals surface area (Å²) in [7, 11) is 3.83. The number of rotatable bonds is 6. The van der Waals surface area contributed by atoms with Crippen LogP contribution in [0.3, 0.4) is 0 Å². The lowest BCUT2D eigenvalue weighted by Gasteiger charge is -2.34. The van der Waals surface area contributed by atoms with Crippen molar-refractivity contribution < 1.29 is 4.74 Å². The van der Waals surface area contributed by atoms with Gasteiger partial charge in [0.2, 0.25) is 0 Å². The Morgan fingerprint density at radius 3 is 2.50 bits per heavy atom. The van der Waals surface area contributed by atoms with Crippen LogP contribution in [-0.4, -0.2) is 20.2 Å². The molecule has 0 bridgehead atoms. The van der Waals surface area contributed by atoms with E-state index in [-0.39, 0.29) is 0 Å². The second-order valence-corrected chi connectivity index (χ2v) is 6.77. The molecule has 0 aromatic heterocycles. The third kappa shape index (κ3) is 3.54. The first-order valence-electron chi connectivity index (χ1n) is 7.87. The summed E-state index contributed by atoms with van der Waals surface area (Å²) < 4.78 is 5.21. The average Bonchev–Trinajstić information content (AvgIpc) is 2.80. The van der Waals surface area contributed by atoms with Gasteiger partial charge in [0.25, 0.3) is 0 Å². The van der Waals surface area contributed by atoms with Crippen molar-refractivity contribution in [2.75, 3.05) is 14.2 Å². The van der Waals surface area contributed by atoms with Gasteiger partial charge in [0.1, 0.15) is 5.75 Å². The fourth-order valence-electron chi connectivity index (χ4n) is 3.76. The van der Waals surface area contributed by atoms with Gasteiger partial charge in [-0.3, -0.25) is 0 Å². The molecule has 2 rings (SSSR count). The van der Waals surface area contributed by atoms with Gasteiger partial charge in [-0.1, -0.05) is 32.4 Å². The van der Waals surface area contributed by atoms with Gasteiger partial charge in [-0.2, -0.15) is 0 Å². The topological polar surface area (TPSA) is 21.3 Å². The first kappa shape index (κ1) is 15.4. The molecule has 0 radical (unpaired) electrons. The van der Waals surface area contributed by atoms with E-state index in [0.717, 1.165) is 18.1 Å². The molecule has 20 heavy (non-hydrogen) atoms. The lowest BCUT2D eigenvalue weighted by Crippen LogP contribution is -2.39. The zero-order valence-electron chi connectivity index (χ0n) is 13.4. The predicted molar refractivity (Wildman–Crippen MR) is 85.3 cm³/mol. The number of methoxy groups -OCH3 is 1. The molecule has 1 aromatic rings. The number of aryl methyl sites for hydroxylation is 1. The maximum atomic E-state index is 5.21. The van der Waals surface area contributed by atoms with Gasteiger partial charge in [-0.15, -0.1) is 0 Å². The Hall–Kier alpha value is -1.02. The SMILES string of the molecule is CNC(CCc1ccc(OC)cc1)C1CCCC1(C)C. The molecule has 1 saturated carbocycles. The van der Waals surface area contributed by atoms with E-state index in [2.05, 4.69) is 50.5 Å². The molecule has 0 saturated heterocycles. The van der Waals surface area contributed by atoms with Crippen LogP contribution in [0, 0.1) is 11.3 Å². The highest BCUT2D eigenvalue weighted by Gasteiger charge is 2.38. The van der Waals surface area contributed by atoms with E-state index in [1.807, 2.05) is 0 Å². The summed E-state index contributed by atoms with van der Waals surface area (Å²) in [5.41, 5.74) is 1.90. The van der Waals surface area contributed by atoms with E-state index in [1.54, 1.807) is 7.11 Å². The van der Waals surface area contributed by atoms with E-state index in [9.17, 15) is 0 Å². The minimum absolute atomic E-state index is 0.494. The summed E-state index contributed by atoms with van der Waals surface area (Å²) >= 11 is 0. The van der Waals surface area contributed by atoms with Gasteiger partial charge in [0.05, 0.1) is 7.11 Å². The molecule has 0 heterocycles. The molecule has 2 nitrogen and oxygen atoms in total. The number of hydrogen-bond donors (Lipinski definition) is 1. The van der Waals surface area contributed by atoms with Crippen molar-refractivity contribution in [3.8, 4) is 5.75 Å². The number of benzene rings is 1. The Labute approximate surface area is 123 Å². The van der Waals surface area contributed by atoms with Gasteiger partial charge in [0, 0.05) is 6.04 Å². The summed E-state index contributed by atoms with van der Waals surface area (Å²) in [6, 6.07) is 9.12. The lowest BCUT2D eigenvalue weighted by molar-refractivity contribution is 0.196. The summed E-state index contributed by atoms with van der Waals surface area (Å²) in [4.78, 5) is 0. The van der Waals surface area contributed by atoms with Gasteiger partial charge < -0.3 is 10.1 Å². The van der Waals surface area contributed by atoms with Crippen LogP contribution in [0.2, 0.25) is 0 Å². The van der Waals surface area contributed by atoms with Crippen LogP contribution in [0.1, 0.15) is 45.1 Å². The summed E-state index contributed by atoms with van der Waals surface area (Å²) in [5.74, 6) is 1.75. The maximum Gasteiger partial charge on any atom is 0.118 e. The van der Waals surface area contributed by atoms with Crippen molar-refractivity contribution in [2.45, 2.75) is 52.0 Å². The third-order valence-electron chi connectivity index (χ3n) is 5.10. The molecule has 2 heteroatoms. The predicted octanol–water partition coefficient (Wildman–Crippen LogP) is 4.04. The Morgan fingerprint density at radius 1 is 1.30 bits per heavy atom. The van der Waals surface area contributed by atoms with Gasteiger partial charge in [0.15, 0.2) is 0 Å². The van der Waals surface area contributed by atoms with Crippen LogP contribution in [-0.2, 0) is 6.42 Å². The van der Waals surface area contributed by atoms with E-state index < -0.39 is 0 Å². The fourth-order valence-corrected chi connectivity index (χ4v) is 3.76. The molecule has 2 unspecified atom stereocenters. The zero-order valence-corrected chi connectivity index (χ0v) is 13.4. The van der Waals surface area contributed by atoms with Crippen molar-refractivity contribution >= 4 is 0 Å². The van der Waals surface area contributed by atoms with E-state index in [1.165, 1.54) is 31.2 Å². The molecule has 1 fully saturated rings. The van der Waals surface area contributed by atoms with Crippen LogP contribution in [0.5, 0.6) is 5.75 Å². The minimum Gasteiger partial charge on any atom is -0.497 e. The van der Waals surface area contributed by atoms with Crippen LogP contribution < -0.4 is 10.1 Å². The van der Waals surface area contributed by atoms with Crippen molar-refractivity contribution in [2.24, 2.45) is 11.3 Å². The van der Waals surface area contributed by atoms with Crippen molar-refractivity contribution in [1.29, 1.82) is 0 Å². The minimum atomic E-state index is 0.494. The molecule has 0 amide bonds. The van der Waals surface area contributed by atoms with Crippen molar-refractivity contribution in [3.63, 3.8) is 0 Å². The fraction of sp³-hybridized carbons (Fsp3) is 0.667. The Balaban J connectivity index is 1.93. The number of hydrogen-bond acceptors (Lipinski definition) is 2. The van der Waals surface area contributed by atoms with Gasteiger partial charge in [-0.25, -0.2) is 0 Å². The molecular weight excluding hydrogens is 246 g/mol. The summed E-state index contributed by atoms with van der Waals surface area (Å²) in [6.45, 7) is 4.87. The van der Waals surface area contributed by atoms with Crippen LogP contribution >= 0.6 is 0 Å². The molecule has 2 atom stereocenters. The van der Waals surface area contributed by atoms with E-state index in [4.69, 9.17) is 4.74 Å². The lowest BCUT2D eigenvalue weighted by atomic mass is 9.76. The average molecular weight is 275 g/mol. The molecule has 1 aromatic carbocycles. The first-order valence-corrected chi connectivity index (χ1v) is 7.87. The quantitative estimate of drug-likeness (QED) is 0.846. The van der Waals surface area contributed by atoms with Crippen LogP contribution in [0.4, 0.5) is 0 Å². The number of ether oxygens (including phenoxy) is 1. The van der Waals surface area contributed by atoms with E-state index in [0.29, 0.717) is 11.5 Å². The Kier molecular flexibility index (Phi) is 5.09. The van der Waals surface area contributed by atoms with Crippen molar-refractivity contribution in [3.05, 3.63) is 29.8 Å². The second-order valence-electron chi connectivity index (χ2n) is 6.77. The van der Waals surface area contributed by atoms with Crippen molar-refractivity contribution in [1.82, 2.24) is 5.32 Å². The monoisotopic (exact) mass is 275 g/mol. The Morgan fingerprint density at radius 2 is 2.00 bits per heavy atom. The standard InChI is InChI=1S/C18H29NO/c1-18(2)13-5-6-16(18)17(19-3)12-9-14-7-10-15(20-4)11-8-14/h7-8,10-11,16-17,19H,5-6,9,12-13H2,1-4H3.